The van der Waals surface area contributed by atoms with Gasteiger partial charge in [0.05, 0.1) is 6.10 Å². The summed E-state index contributed by atoms with van der Waals surface area (Å²) in [5.74, 6) is 0.0101. The number of benzene rings is 2. The lowest BCUT2D eigenvalue weighted by Gasteiger charge is -2.10. The van der Waals surface area contributed by atoms with Crippen molar-refractivity contribution in [3.63, 3.8) is 0 Å². The van der Waals surface area contributed by atoms with E-state index in [2.05, 4.69) is 5.32 Å². The van der Waals surface area contributed by atoms with E-state index in [1.807, 2.05) is 67.6 Å². The molecule has 1 unspecified atom stereocenters. The van der Waals surface area contributed by atoms with Gasteiger partial charge in [-0.3, -0.25) is 4.79 Å². The Balaban J connectivity index is 1.83. The molecule has 114 valence electrons. The Kier molecular flexibility index (Phi) is 5.92. The van der Waals surface area contributed by atoms with Gasteiger partial charge in [-0.05, 0) is 31.0 Å². The Morgan fingerprint density at radius 2 is 1.68 bits per heavy atom. The van der Waals surface area contributed by atoms with Crippen LogP contribution in [-0.2, 0) is 4.79 Å². The minimum atomic E-state index is -0.596. The van der Waals surface area contributed by atoms with Crippen LogP contribution in [0.5, 0.6) is 0 Å². The molecule has 0 radical (unpaired) electrons. The van der Waals surface area contributed by atoms with Gasteiger partial charge in [-0.15, -0.1) is 0 Å². The zero-order valence-corrected chi connectivity index (χ0v) is 12.7. The first-order valence-electron chi connectivity index (χ1n) is 7.41. The summed E-state index contributed by atoms with van der Waals surface area (Å²) in [7, 11) is 0. The number of carbonyl (C=O) groups excluding carboxylic acids is 1. The van der Waals surface area contributed by atoms with Crippen LogP contribution < -0.4 is 5.32 Å². The van der Waals surface area contributed by atoms with Gasteiger partial charge in [-0.25, -0.2) is 0 Å². The number of rotatable bonds is 7. The van der Waals surface area contributed by atoms with Gasteiger partial charge in [0.15, 0.2) is 5.78 Å². The number of allylic oxidation sites excluding steroid dienone is 2. The second kappa shape index (κ2) is 8.15. The van der Waals surface area contributed by atoms with Gasteiger partial charge >= 0.3 is 0 Å². The lowest BCUT2D eigenvalue weighted by Crippen LogP contribution is -2.04. The summed E-state index contributed by atoms with van der Waals surface area (Å²) in [4.78, 5) is 12.0. The van der Waals surface area contributed by atoms with E-state index in [-0.39, 0.29) is 5.78 Å². The van der Waals surface area contributed by atoms with Gasteiger partial charge in [-0.1, -0.05) is 48.5 Å². The van der Waals surface area contributed by atoms with Crippen LogP contribution in [-0.4, -0.2) is 10.9 Å². The summed E-state index contributed by atoms with van der Waals surface area (Å²) in [6.07, 6.45) is 1.74. The van der Waals surface area contributed by atoms with Crippen molar-refractivity contribution in [3.05, 3.63) is 78.0 Å². The summed E-state index contributed by atoms with van der Waals surface area (Å²) in [5, 5.41) is 13.2. The van der Waals surface area contributed by atoms with Crippen molar-refractivity contribution in [1.29, 1.82) is 0 Å². The molecule has 0 aromatic heterocycles. The summed E-state index contributed by atoms with van der Waals surface area (Å²) in [6.45, 7) is 1.86. The number of hydrogen-bond acceptors (Lipinski definition) is 3. The van der Waals surface area contributed by atoms with Gasteiger partial charge in [-0.2, -0.15) is 0 Å². The smallest absolute Gasteiger partial charge is 0.157 e. The summed E-state index contributed by atoms with van der Waals surface area (Å²) in [5.41, 5.74) is 2.59. The maximum Gasteiger partial charge on any atom is 0.157 e. The van der Waals surface area contributed by atoms with E-state index in [1.54, 1.807) is 6.08 Å². The summed E-state index contributed by atoms with van der Waals surface area (Å²) < 4.78 is 0. The minimum absolute atomic E-state index is 0.0101. The summed E-state index contributed by atoms with van der Waals surface area (Å²) in [6, 6.07) is 19.1. The molecule has 22 heavy (non-hydrogen) atoms. The average Bonchev–Trinajstić information content (AvgIpc) is 2.54. The summed E-state index contributed by atoms with van der Waals surface area (Å²) >= 11 is 0. The second-order valence-electron chi connectivity index (χ2n) is 5.25. The fraction of sp³-hybridized carbons (Fsp3) is 0.211. The third-order valence-electron chi connectivity index (χ3n) is 3.34. The fourth-order valence-electron chi connectivity index (χ4n) is 2.22. The Labute approximate surface area is 131 Å². The number of nitrogens with one attached hydrogen (secondary N) is 1. The molecule has 3 nitrogen and oxygen atoms in total. The first kappa shape index (κ1) is 16.0. The molecule has 0 aliphatic heterocycles. The van der Waals surface area contributed by atoms with E-state index >= 15 is 0 Å². The molecule has 0 heterocycles. The lowest BCUT2D eigenvalue weighted by molar-refractivity contribution is -0.115. The van der Waals surface area contributed by atoms with E-state index in [1.165, 1.54) is 0 Å². The molecule has 0 aliphatic rings. The predicted molar refractivity (Wildman–Crippen MR) is 89.5 cm³/mol. The largest absolute Gasteiger partial charge is 0.388 e. The third-order valence-corrected chi connectivity index (χ3v) is 3.34. The van der Waals surface area contributed by atoms with Gasteiger partial charge in [0.1, 0.15) is 0 Å². The van der Waals surface area contributed by atoms with Crippen molar-refractivity contribution in [2.24, 2.45) is 0 Å². The molecule has 0 saturated carbocycles. The van der Waals surface area contributed by atoms with Gasteiger partial charge < -0.3 is 10.4 Å². The first-order valence-corrected chi connectivity index (χ1v) is 7.41. The highest BCUT2D eigenvalue weighted by Gasteiger charge is 2.09. The highest BCUT2D eigenvalue weighted by Crippen LogP contribution is 2.18. The SMILES string of the molecule is C/C(=C/C(=O)CCC(O)c1ccccc1)Nc1ccccc1. The zero-order valence-electron chi connectivity index (χ0n) is 12.7. The molecule has 0 aliphatic carbocycles. The number of anilines is 1. The molecule has 1 atom stereocenters. The molecular formula is C19H21NO2. The van der Waals surface area contributed by atoms with E-state index in [9.17, 15) is 9.90 Å². The van der Waals surface area contributed by atoms with Gasteiger partial charge in [0.2, 0.25) is 0 Å². The molecule has 2 aromatic rings. The maximum absolute atomic E-state index is 12.0. The standard InChI is InChI=1S/C19H21NO2/c1-15(20-17-10-6-3-7-11-17)14-18(21)12-13-19(22)16-8-4-2-5-9-16/h2-11,14,19-20,22H,12-13H2,1H3/b15-14-. The van der Waals surface area contributed by atoms with Crippen LogP contribution in [0, 0.1) is 0 Å². The van der Waals surface area contributed by atoms with Crippen molar-refractivity contribution in [2.75, 3.05) is 5.32 Å². The highest BCUT2D eigenvalue weighted by atomic mass is 16.3. The van der Waals surface area contributed by atoms with Gasteiger partial charge in [0.25, 0.3) is 0 Å². The predicted octanol–water partition coefficient (Wildman–Crippen LogP) is 4.09. The van der Waals surface area contributed by atoms with Crippen molar-refractivity contribution in [2.45, 2.75) is 25.9 Å². The number of ketones is 1. The van der Waals surface area contributed by atoms with Crippen LogP contribution in [0.3, 0.4) is 0 Å². The number of carbonyl (C=O) groups is 1. The highest BCUT2D eigenvalue weighted by molar-refractivity contribution is 5.90. The van der Waals surface area contributed by atoms with Crippen LogP contribution in [0.4, 0.5) is 5.69 Å². The molecule has 0 fully saturated rings. The Hall–Kier alpha value is -2.39. The molecule has 0 amide bonds. The normalized spacial score (nSPS) is 12.7. The molecule has 2 aromatic carbocycles. The fourth-order valence-corrected chi connectivity index (χ4v) is 2.22. The molecule has 2 N–H and O–H groups in total. The van der Waals surface area contributed by atoms with E-state index < -0.39 is 6.10 Å². The lowest BCUT2D eigenvalue weighted by atomic mass is 10.0. The minimum Gasteiger partial charge on any atom is -0.388 e. The first-order chi connectivity index (χ1) is 10.6. The van der Waals surface area contributed by atoms with Gasteiger partial charge in [0, 0.05) is 23.9 Å². The number of aliphatic hydroxyl groups excluding tert-OH is 1. The monoisotopic (exact) mass is 295 g/mol. The van der Waals surface area contributed by atoms with E-state index in [4.69, 9.17) is 0 Å². The van der Waals surface area contributed by atoms with Crippen LogP contribution >= 0.6 is 0 Å². The van der Waals surface area contributed by atoms with Crippen LogP contribution in [0.25, 0.3) is 0 Å². The quantitative estimate of drug-likeness (QED) is 0.757. The molecule has 0 saturated heterocycles. The van der Waals surface area contributed by atoms with E-state index in [0.29, 0.717) is 12.8 Å². The van der Waals surface area contributed by atoms with Crippen molar-refractivity contribution >= 4 is 11.5 Å². The molecule has 2 rings (SSSR count). The average molecular weight is 295 g/mol. The molecular weight excluding hydrogens is 274 g/mol. The topological polar surface area (TPSA) is 49.3 Å². The van der Waals surface area contributed by atoms with E-state index in [0.717, 1.165) is 16.9 Å². The number of aliphatic hydroxyl groups is 1. The Bertz CT molecular complexity index is 620. The van der Waals surface area contributed by atoms with Crippen molar-refractivity contribution < 1.29 is 9.90 Å². The Morgan fingerprint density at radius 1 is 1.09 bits per heavy atom. The maximum atomic E-state index is 12.0. The third kappa shape index (κ3) is 5.19. The number of para-hydroxylation sites is 1. The van der Waals surface area contributed by atoms with Crippen LogP contribution in [0.15, 0.2) is 72.4 Å². The number of hydrogen-bond donors (Lipinski definition) is 2. The molecule has 3 heteroatoms. The van der Waals surface area contributed by atoms with Crippen LogP contribution in [0.1, 0.15) is 31.4 Å². The molecule has 0 bridgehead atoms. The van der Waals surface area contributed by atoms with Crippen molar-refractivity contribution in [1.82, 2.24) is 0 Å². The Morgan fingerprint density at radius 3 is 2.32 bits per heavy atom. The second-order valence-corrected chi connectivity index (χ2v) is 5.25. The zero-order chi connectivity index (χ0) is 15.8. The van der Waals surface area contributed by atoms with Crippen LogP contribution in [0.2, 0.25) is 0 Å². The van der Waals surface area contributed by atoms with Crippen molar-refractivity contribution in [3.8, 4) is 0 Å². The molecule has 0 spiro atoms.